The number of aliphatic hydroxyl groups is 1. The summed E-state index contributed by atoms with van der Waals surface area (Å²) in [7, 11) is -4.31. The molecule has 0 aromatic heterocycles. The van der Waals surface area contributed by atoms with Crippen LogP contribution in [0.5, 0.6) is 0 Å². The van der Waals surface area contributed by atoms with Crippen LogP contribution in [0.15, 0.2) is 24.3 Å². The zero-order chi connectivity index (χ0) is 39.6. The average Bonchev–Trinajstić information content (AvgIpc) is 3.16. The van der Waals surface area contributed by atoms with Gasteiger partial charge in [-0.15, -0.1) is 0 Å². The molecule has 3 unspecified atom stereocenters. The molecule has 0 aliphatic carbocycles. The summed E-state index contributed by atoms with van der Waals surface area (Å²) in [6.07, 6.45) is 47.6. The van der Waals surface area contributed by atoms with Gasteiger partial charge in [-0.2, -0.15) is 0 Å². The third-order valence-electron chi connectivity index (χ3n) is 10.3. The Morgan fingerprint density at radius 2 is 1.02 bits per heavy atom. The Bertz CT molecular complexity index is 901. The van der Waals surface area contributed by atoms with E-state index in [1.807, 2.05) is 0 Å². The number of nitrogens with one attached hydrogen (secondary N) is 1. The lowest BCUT2D eigenvalue weighted by Crippen LogP contribution is -2.46. The van der Waals surface area contributed by atoms with Gasteiger partial charge < -0.3 is 21.1 Å². The normalized spacial score (nSPS) is 14.2. The lowest BCUT2D eigenvalue weighted by molar-refractivity contribution is -0.123. The third-order valence-corrected chi connectivity index (χ3v) is 11.3. The van der Waals surface area contributed by atoms with Gasteiger partial charge in [0.05, 0.1) is 25.4 Å². The quantitative estimate of drug-likeness (QED) is 0.0275. The molecule has 0 saturated heterocycles. The van der Waals surface area contributed by atoms with Crippen molar-refractivity contribution in [3.05, 3.63) is 24.3 Å². The number of unbranched alkanes of at least 4 members (excludes halogenated alkanes) is 27. The van der Waals surface area contributed by atoms with Crippen molar-refractivity contribution in [3.63, 3.8) is 0 Å². The van der Waals surface area contributed by atoms with E-state index in [9.17, 15) is 19.4 Å². The van der Waals surface area contributed by atoms with Gasteiger partial charge in [0.2, 0.25) is 5.91 Å². The van der Waals surface area contributed by atoms with E-state index >= 15 is 0 Å². The lowest BCUT2D eigenvalue weighted by Gasteiger charge is -2.25. The molecule has 5 N–H and O–H groups in total. The van der Waals surface area contributed by atoms with E-state index in [2.05, 4.69) is 43.5 Å². The Morgan fingerprint density at radius 1 is 0.611 bits per heavy atom. The molecule has 1 amide bonds. The molecule has 0 spiro atoms. The van der Waals surface area contributed by atoms with Crippen molar-refractivity contribution in [1.29, 1.82) is 0 Å². The fourth-order valence-corrected chi connectivity index (χ4v) is 7.57. The molecule has 3 atom stereocenters. The molecular weight excluding hydrogens is 695 g/mol. The minimum atomic E-state index is -4.31. The van der Waals surface area contributed by atoms with Gasteiger partial charge in [-0.1, -0.05) is 199 Å². The Morgan fingerprint density at radius 3 is 1.46 bits per heavy atom. The SMILES string of the molecule is CCCCCCC/C=C\C/C=C\CCCCCCCCCCCCCC(=O)NC(COP(=O)(O)OCCN)C(O)CCCCCCCCCCCCCC. The molecule has 0 heterocycles. The van der Waals surface area contributed by atoms with Crippen molar-refractivity contribution in [1.82, 2.24) is 5.32 Å². The van der Waals surface area contributed by atoms with E-state index in [1.165, 1.54) is 154 Å². The maximum atomic E-state index is 12.8. The van der Waals surface area contributed by atoms with Gasteiger partial charge in [-0.25, -0.2) is 4.57 Å². The number of nitrogens with two attached hydrogens (primary N) is 1. The van der Waals surface area contributed by atoms with Gasteiger partial charge >= 0.3 is 7.82 Å². The van der Waals surface area contributed by atoms with Crippen molar-refractivity contribution in [2.75, 3.05) is 19.8 Å². The lowest BCUT2D eigenvalue weighted by atomic mass is 10.0. The highest BCUT2D eigenvalue weighted by molar-refractivity contribution is 7.47. The van der Waals surface area contributed by atoms with Crippen LogP contribution in [0.3, 0.4) is 0 Å². The number of rotatable bonds is 43. The second-order valence-corrected chi connectivity index (χ2v) is 17.1. The van der Waals surface area contributed by atoms with Crippen molar-refractivity contribution in [3.8, 4) is 0 Å². The minimum Gasteiger partial charge on any atom is -0.391 e. The van der Waals surface area contributed by atoms with E-state index in [0.29, 0.717) is 12.8 Å². The van der Waals surface area contributed by atoms with Gasteiger partial charge in [-0.05, 0) is 44.9 Å². The molecule has 0 aliphatic rings. The van der Waals surface area contributed by atoms with Crippen molar-refractivity contribution in [2.45, 2.75) is 238 Å². The Kier molecular flexibility index (Phi) is 40.8. The Hall–Kier alpha value is -1.02. The second-order valence-electron chi connectivity index (χ2n) is 15.6. The standard InChI is InChI=1S/C45H89N2O6P/c1-3-5-7-9-11-13-15-17-18-19-20-21-22-23-24-25-26-27-29-31-33-35-37-39-45(49)47-43(42-53-54(50,51)52-41-40-46)44(48)38-36-34-32-30-28-16-14-12-10-8-6-4-2/h15,17,19-20,43-44,48H,3-14,16,18,21-42,46H2,1-2H3,(H,47,49)(H,50,51)/b17-15-,20-19-. The highest BCUT2D eigenvalue weighted by atomic mass is 31.2. The molecule has 0 rings (SSSR count). The van der Waals surface area contributed by atoms with E-state index < -0.39 is 20.0 Å². The highest BCUT2D eigenvalue weighted by Crippen LogP contribution is 2.43. The summed E-state index contributed by atoms with van der Waals surface area (Å²) >= 11 is 0. The molecular formula is C45H89N2O6P. The van der Waals surface area contributed by atoms with E-state index in [1.54, 1.807) is 0 Å². The first-order chi connectivity index (χ1) is 26.4. The van der Waals surface area contributed by atoms with Crippen LogP contribution in [0.25, 0.3) is 0 Å². The monoisotopic (exact) mass is 785 g/mol. The molecule has 9 heteroatoms. The first kappa shape index (κ1) is 53.0. The number of allylic oxidation sites excluding steroid dienone is 4. The third kappa shape index (κ3) is 39.2. The zero-order valence-corrected chi connectivity index (χ0v) is 36.4. The molecule has 0 fully saturated rings. The van der Waals surface area contributed by atoms with Crippen LogP contribution in [0.1, 0.15) is 226 Å². The van der Waals surface area contributed by atoms with Crippen LogP contribution in [0.2, 0.25) is 0 Å². The predicted octanol–water partition coefficient (Wildman–Crippen LogP) is 12.9. The number of aliphatic hydroxyl groups excluding tert-OH is 1. The topological polar surface area (TPSA) is 131 Å². The summed E-state index contributed by atoms with van der Waals surface area (Å²) in [4.78, 5) is 22.7. The number of phosphoric ester groups is 1. The van der Waals surface area contributed by atoms with E-state index in [-0.39, 0.29) is 25.7 Å². The van der Waals surface area contributed by atoms with Crippen LogP contribution in [0.4, 0.5) is 0 Å². The minimum absolute atomic E-state index is 0.0892. The fourth-order valence-electron chi connectivity index (χ4n) is 6.81. The number of carbonyl (C=O) groups is 1. The average molecular weight is 785 g/mol. The predicted molar refractivity (Wildman–Crippen MR) is 231 cm³/mol. The number of hydrogen-bond acceptors (Lipinski definition) is 6. The van der Waals surface area contributed by atoms with Crippen molar-refractivity contribution >= 4 is 13.7 Å². The van der Waals surface area contributed by atoms with Crippen LogP contribution in [-0.2, 0) is 18.4 Å². The molecule has 0 radical (unpaired) electrons. The summed E-state index contributed by atoms with van der Waals surface area (Å²) in [5.74, 6) is -0.163. The summed E-state index contributed by atoms with van der Waals surface area (Å²) in [5, 5.41) is 13.8. The first-order valence-electron chi connectivity index (χ1n) is 23.0. The zero-order valence-electron chi connectivity index (χ0n) is 35.5. The summed E-state index contributed by atoms with van der Waals surface area (Å²) in [6, 6.07) is -0.773. The Labute approximate surface area is 334 Å². The number of amides is 1. The molecule has 0 bridgehead atoms. The van der Waals surface area contributed by atoms with Gasteiger partial charge in [0.25, 0.3) is 0 Å². The van der Waals surface area contributed by atoms with Crippen LogP contribution in [0, 0.1) is 0 Å². The smallest absolute Gasteiger partial charge is 0.391 e. The van der Waals surface area contributed by atoms with E-state index in [0.717, 1.165) is 44.9 Å². The van der Waals surface area contributed by atoms with Crippen LogP contribution < -0.4 is 11.1 Å². The molecule has 0 aromatic rings. The van der Waals surface area contributed by atoms with Crippen molar-refractivity contribution < 1.29 is 28.4 Å². The Balaban J connectivity index is 4.04. The molecule has 0 saturated carbocycles. The maximum Gasteiger partial charge on any atom is 0.472 e. The van der Waals surface area contributed by atoms with Gasteiger partial charge in [0.15, 0.2) is 0 Å². The van der Waals surface area contributed by atoms with Gasteiger partial charge in [0.1, 0.15) is 0 Å². The highest BCUT2D eigenvalue weighted by Gasteiger charge is 2.27. The summed E-state index contributed by atoms with van der Waals surface area (Å²) in [6.45, 7) is 4.20. The molecule has 320 valence electrons. The summed E-state index contributed by atoms with van der Waals surface area (Å²) in [5.41, 5.74) is 5.38. The first-order valence-corrected chi connectivity index (χ1v) is 24.4. The summed E-state index contributed by atoms with van der Waals surface area (Å²) < 4.78 is 22.2. The maximum absolute atomic E-state index is 12.8. The molecule has 8 nitrogen and oxygen atoms in total. The largest absolute Gasteiger partial charge is 0.472 e. The number of carbonyl (C=O) groups excluding carboxylic acids is 1. The van der Waals surface area contributed by atoms with Gasteiger partial charge in [0, 0.05) is 13.0 Å². The number of phosphoric acid groups is 1. The molecule has 54 heavy (non-hydrogen) atoms. The molecule has 0 aliphatic heterocycles. The van der Waals surface area contributed by atoms with Crippen LogP contribution >= 0.6 is 7.82 Å². The van der Waals surface area contributed by atoms with Gasteiger partial charge in [-0.3, -0.25) is 13.8 Å². The second kappa shape index (κ2) is 41.6. The molecule has 0 aromatic carbocycles. The number of hydrogen-bond donors (Lipinski definition) is 4. The fraction of sp³-hybridized carbons (Fsp3) is 0.889. The van der Waals surface area contributed by atoms with E-state index in [4.69, 9.17) is 14.8 Å². The van der Waals surface area contributed by atoms with Crippen molar-refractivity contribution in [2.24, 2.45) is 5.73 Å². The van der Waals surface area contributed by atoms with Crippen LogP contribution in [-0.4, -0.2) is 47.8 Å².